The topological polar surface area (TPSA) is 35.5 Å². The van der Waals surface area contributed by atoms with Crippen molar-refractivity contribution in [1.82, 2.24) is 0 Å². The van der Waals surface area contributed by atoms with Gasteiger partial charge in [-0.05, 0) is 17.8 Å². The zero-order valence-electron chi connectivity index (χ0n) is 43.9. The van der Waals surface area contributed by atoms with Gasteiger partial charge in [-0.2, -0.15) is 0 Å². The van der Waals surface area contributed by atoms with Crippen LogP contribution in [0.1, 0.15) is 325 Å². The Kier molecular flexibility index (Phi) is 44.9. The van der Waals surface area contributed by atoms with E-state index in [1.807, 2.05) is 0 Å². The van der Waals surface area contributed by atoms with Crippen molar-refractivity contribution in [1.29, 1.82) is 0 Å². The summed E-state index contributed by atoms with van der Waals surface area (Å²) >= 11 is -5.05. The summed E-state index contributed by atoms with van der Waals surface area (Å²) < 4.78 is 30.1. The van der Waals surface area contributed by atoms with Gasteiger partial charge in [-0.3, -0.25) is 0 Å². The van der Waals surface area contributed by atoms with E-state index in [-0.39, 0.29) is 6.10 Å². The molecule has 0 aliphatic rings. The van der Waals surface area contributed by atoms with Crippen molar-refractivity contribution in [3.05, 3.63) is 0 Å². The van der Waals surface area contributed by atoms with Crippen molar-refractivity contribution in [2.75, 3.05) is 6.61 Å². The zero-order chi connectivity index (χ0) is 45.0. The van der Waals surface area contributed by atoms with Crippen LogP contribution in [-0.4, -0.2) is 12.7 Å². The summed E-state index contributed by atoms with van der Waals surface area (Å²) in [6.45, 7) is 18.9. The van der Waals surface area contributed by atoms with Crippen LogP contribution in [-0.2, 0) is 28.1 Å². The SMILES string of the molecule is CC(C)CCCCCCCCCCCCCCC[O][Zr](=[O])([CH2]CCCCCCCCCCCCCCC(C)C)([CH2]CCCCCCCCCCCCCCC(C)C)[O]C(C)C. The quantitative estimate of drug-likeness (QED) is 0.0570. The van der Waals surface area contributed by atoms with Crippen LogP contribution in [0.2, 0.25) is 8.26 Å². The van der Waals surface area contributed by atoms with Crippen molar-refractivity contribution in [3.8, 4) is 0 Å². The van der Waals surface area contributed by atoms with Gasteiger partial charge in [-0.25, -0.2) is 0 Å². The van der Waals surface area contributed by atoms with E-state index in [0.717, 1.165) is 37.0 Å². The molecule has 4 heteroatoms. The monoisotopic (exact) mass is 941 g/mol. The normalized spacial score (nSPS) is 12.7. The molecule has 0 aromatic carbocycles. The number of unbranched alkanes of at least 4 members (excludes halogenated alkanes) is 36. The van der Waals surface area contributed by atoms with Crippen LogP contribution >= 0.6 is 0 Å². The van der Waals surface area contributed by atoms with Crippen LogP contribution in [0.3, 0.4) is 0 Å². The van der Waals surface area contributed by atoms with Crippen molar-refractivity contribution in [2.24, 2.45) is 17.8 Å². The van der Waals surface area contributed by atoms with Crippen LogP contribution in [0.15, 0.2) is 0 Å². The van der Waals surface area contributed by atoms with Crippen LogP contribution < -0.4 is 0 Å². The van der Waals surface area contributed by atoms with Gasteiger partial charge in [0.25, 0.3) is 0 Å². The molecule has 0 aromatic rings. The molecule has 0 fully saturated rings. The van der Waals surface area contributed by atoms with Crippen molar-refractivity contribution in [2.45, 2.75) is 339 Å². The molecule has 0 aliphatic heterocycles. The predicted molar refractivity (Wildman–Crippen MR) is 271 cm³/mol. The summed E-state index contributed by atoms with van der Waals surface area (Å²) in [6.07, 6.45) is 56.7. The summed E-state index contributed by atoms with van der Waals surface area (Å²) in [5, 5.41) is 0. The predicted octanol–water partition coefficient (Wildman–Crippen LogP) is 21.5. The van der Waals surface area contributed by atoms with E-state index < -0.39 is 19.7 Å². The molecule has 0 rings (SSSR count). The molecule has 0 radical (unpaired) electrons. The van der Waals surface area contributed by atoms with Crippen LogP contribution in [0.4, 0.5) is 0 Å². The van der Waals surface area contributed by atoms with Gasteiger partial charge in [-0.15, -0.1) is 0 Å². The molecule has 368 valence electrons. The Balaban J connectivity index is 4.58. The molecule has 3 nitrogen and oxygen atoms in total. The van der Waals surface area contributed by atoms with E-state index in [1.165, 1.54) is 250 Å². The van der Waals surface area contributed by atoms with E-state index in [2.05, 4.69) is 55.4 Å². The molecule has 61 heavy (non-hydrogen) atoms. The Morgan fingerprint density at radius 1 is 0.279 bits per heavy atom. The minimum atomic E-state index is -5.05. The van der Waals surface area contributed by atoms with Gasteiger partial charge in [0.1, 0.15) is 0 Å². The van der Waals surface area contributed by atoms with Gasteiger partial charge in [0.15, 0.2) is 0 Å². The van der Waals surface area contributed by atoms with E-state index in [0.29, 0.717) is 14.9 Å². The van der Waals surface area contributed by atoms with Gasteiger partial charge in [0, 0.05) is 0 Å². The third-order valence-electron chi connectivity index (χ3n) is 13.7. The van der Waals surface area contributed by atoms with E-state index in [1.54, 1.807) is 0 Å². The Labute approximate surface area is 389 Å². The van der Waals surface area contributed by atoms with E-state index in [9.17, 15) is 0 Å². The Morgan fingerprint density at radius 2 is 0.475 bits per heavy atom. The van der Waals surface area contributed by atoms with Gasteiger partial charge >= 0.3 is 268 Å². The second-order valence-electron chi connectivity index (χ2n) is 22.2. The second kappa shape index (κ2) is 44.4. The molecule has 0 saturated carbocycles. The maximum atomic E-state index is 15.3. The van der Waals surface area contributed by atoms with Crippen molar-refractivity contribution >= 4 is 0 Å². The number of rotatable bonds is 51. The summed E-state index contributed by atoms with van der Waals surface area (Å²) in [5.74, 6) is 2.59. The molecule has 0 atom stereocenters. The average molecular weight is 943 g/mol. The Hall–Kier alpha value is 0.603. The van der Waals surface area contributed by atoms with Crippen LogP contribution in [0.5, 0.6) is 0 Å². The molecule has 0 N–H and O–H groups in total. The fraction of sp³-hybridized carbons (Fsp3) is 1.00. The van der Waals surface area contributed by atoms with Crippen molar-refractivity contribution < 1.29 is 28.1 Å². The standard InChI is InChI=1S/C18H37O.2C18H37.C3H7O.O.Zr/c1-18(2)16-14-12-10-8-6-4-3-5-7-9-11-13-15-17-19;2*1-4-5-6-7-8-9-10-11-12-13-14-15-16-17-18(2)3;1-3(2)4;;/h18H,3-17H2,1-2H3;2*18H,1,4-17H2,2-3H3;3H,1-2H3;;/q-1;;;-1;;+2. The van der Waals surface area contributed by atoms with Crippen LogP contribution in [0, 0.1) is 17.8 Å². The maximum absolute atomic E-state index is 15.3. The third-order valence-corrected chi connectivity index (χ3v) is 24.8. The zero-order valence-corrected chi connectivity index (χ0v) is 46.3. The van der Waals surface area contributed by atoms with Gasteiger partial charge in [-0.1, -0.05) is 106 Å². The Bertz CT molecular complexity index is 884. The second-order valence-corrected chi connectivity index (χ2v) is 32.7. The first-order chi connectivity index (χ1) is 29.5. The van der Waals surface area contributed by atoms with Crippen molar-refractivity contribution in [3.63, 3.8) is 0 Å². The van der Waals surface area contributed by atoms with Gasteiger partial charge in [0.2, 0.25) is 0 Å². The summed E-state index contributed by atoms with van der Waals surface area (Å²) in [5.41, 5.74) is 0. The summed E-state index contributed by atoms with van der Waals surface area (Å²) in [4.78, 5) is 0. The summed E-state index contributed by atoms with van der Waals surface area (Å²) in [6, 6.07) is 0. The molecule has 0 aliphatic carbocycles. The van der Waals surface area contributed by atoms with Crippen LogP contribution in [0.25, 0.3) is 0 Å². The first-order valence-electron chi connectivity index (χ1n) is 28.7. The molecule has 0 saturated heterocycles. The molecule has 0 heterocycles. The van der Waals surface area contributed by atoms with E-state index in [4.69, 9.17) is 5.63 Å². The summed E-state index contributed by atoms with van der Waals surface area (Å²) in [7, 11) is 0. The molecule has 0 bridgehead atoms. The third kappa shape index (κ3) is 45.5. The first kappa shape index (κ1) is 61.6. The molecule has 0 unspecified atom stereocenters. The van der Waals surface area contributed by atoms with E-state index >= 15 is 2.81 Å². The van der Waals surface area contributed by atoms with Gasteiger partial charge in [0.05, 0.1) is 0 Å². The molecular formula is C57H118O3Zr. The fourth-order valence-electron chi connectivity index (χ4n) is 9.77. The first-order valence-corrected chi connectivity index (χ1v) is 35.2. The molecular weight excluding hydrogens is 824 g/mol. The Morgan fingerprint density at radius 3 is 0.689 bits per heavy atom. The fourth-order valence-corrected chi connectivity index (χ4v) is 20.5. The molecule has 0 spiro atoms. The average Bonchev–Trinajstić information content (AvgIpc) is 3.20. The number of hydrogen-bond donors (Lipinski definition) is 0. The molecule has 0 aromatic heterocycles. The molecule has 0 amide bonds. The minimum absolute atomic E-state index is 0.0342. The number of hydrogen-bond acceptors (Lipinski definition) is 3. The van der Waals surface area contributed by atoms with Gasteiger partial charge < -0.3 is 0 Å².